The molecule has 0 heterocycles. The molecule has 0 aliphatic rings. The number of benzene rings is 2. The second-order valence-electron chi connectivity index (χ2n) is 7.41. The lowest BCUT2D eigenvalue weighted by molar-refractivity contribution is -0.119. The zero-order valence-corrected chi connectivity index (χ0v) is 17.4. The zero-order valence-electron chi connectivity index (χ0n) is 17.4. The fourth-order valence-electron chi connectivity index (χ4n) is 2.36. The second-order valence-corrected chi connectivity index (χ2v) is 7.41. The molecule has 0 aromatic heterocycles. The standard InChI is InChI=1S/C22H28BN2O4/c1-15(2)21(26)24-19-9-5-7-17(11-19)13-28-23-29-14-18-8-6-10-20(12-18)25-22(27)16(3)4/h5-12,15-16H,13-14H2,1-4H3,(H,24,26)(H,25,27). The number of hydrogen-bond acceptors (Lipinski definition) is 4. The van der Waals surface area contributed by atoms with Crippen molar-refractivity contribution in [3.63, 3.8) is 0 Å². The Bertz CT molecular complexity index is 756. The molecule has 0 spiro atoms. The van der Waals surface area contributed by atoms with Gasteiger partial charge >= 0.3 is 7.69 Å². The molecule has 0 saturated carbocycles. The van der Waals surface area contributed by atoms with E-state index in [2.05, 4.69) is 10.6 Å². The van der Waals surface area contributed by atoms with Gasteiger partial charge in [0.05, 0.1) is 13.2 Å². The van der Waals surface area contributed by atoms with Gasteiger partial charge < -0.3 is 19.9 Å². The molecular formula is C22H28BN2O4. The summed E-state index contributed by atoms with van der Waals surface area (Å²) in [6, 6.07) is 15.0. The van der Waals surface area contributed by atoms with Gasteiger partial charge in [-0.1, -0.05) is 52.0 Å². The monoisotopic (exact) mass is 395 g/mol. The third-order valence-electron chi connectivity index (χ3n) is 4.07. The highest BCUT2D eigenvalue weighted by Crippen LogP contribution is 2.14. The van der Waals surface area contributed by atoms with Gasteiger partial charge in [0.1, 0.15) is 0 Å². The van der Waals surface area contributed by atoms with Crippen LogP contribution in [0.25, 0.3) is 0 Å². The maximum absolute atomic E-state index is 11.8. The van der Waals surface area contributed by atoms with Crippen LogP contribution in [0.2, 0.25) is 0 Å². The van der Waals surface area contributed by atoms with Crippen molar-refractivity contribution < 1.29 is 18.9 Å². The molecule has 0 aliphatic heterocycles. The van der Waals surface area contributed by atoms with Crippen molar-refractivity contribution in [2.45, 2.75) is 40.9 Å². The minimum absolute atomic E-state index is 0.0234. The Labute approximate surface area is 173 Å². The summed E-state index contributed by atoms with van der Waals surface area (Å²) in [6.45, 7) is 8.06. The van der Waals surface area contributed by atoms with E-state index < -0.39 is 0 Å². The van der Waals surface area contributed by atoms with Crippen LogP contribution < -0.4 is 10.6 Å². The molecule has 0 fully saturated rings. The highest BCUT2D eigenvalue weighted by Gasteiger charge is 2.08. The predicted molar refractivity (Wildman–Crippen MR) is 115 cm³/mol. The number of carbonyl (C=O) groups excluding carboxylic acids is 2. The van der Waals surface area contributed by atoms with Gasteiger partial charge in [0.15, 0.2) is 0 Å². The van der Waals surface area contributed by atoms with Crippen molar-refractivity contribution in [3.05, 3.63) is 59.7 Å². The van der Waals surface area contributed by atoms with Gasteiger partial charge in [-0.25, -0.2) is 0 Å². The van der Waals surface area contributed by atoms with Gasteiger partial charge in [-0.2, -0.15) is 0 Å². The van der Waals surface area contributed by atoms with Crippen molar-refractivity contribution in [1.82, 2.24) is 0 Å². The molecule has 0 saturated heterocycles. The SMILES string of the molecule is CC(C)C(=O)Nc1cccc(CO[B]OCc2cccc(NC(=O)C(C)C)c2)c1. The molecule has 153 valence electrons. The van der Waals surface area contributed by atoms with E-state index in [1.165, 1.54) is 7.69 Å². The van der Waals surface area contributed by atoms with E-state index in [0.29, 0.717) is 13.2 Å². The summed E-state index contributed by atoms with van der Waals surface area (Å²) in [5, 5.41) is 5.73. The summed E-state index contributed by atoms with van der Waals surface area (Å²) >= 11 is 0. The lowest BCUT2D eigenvalue weighted by Gasteiger charge is -2.10. The van der Waals surface area contributed by atoms with E-state index in [1.54, 1.807) is 0 Å². The van der Waals surface area contributed by atoms with Crippen molar-refractivity contribution in [3.8, 4) is 0 Å². The third kappa shape index (κ3) is 8.09. The summed E-state index contributed by atoms with van der Waals surface area (Å²) in [5.74, 6) is -0.197. The van der Waals surface area contributed by atoms with E-state index in [1.807, 2.05) is 76.2 Å². The Morgan fingerprint density at radius 3 is 1.59 bits per heavy atom. The molecule has 1 radical (unpaired) electrons. The van der Waals surface area contributed by atoms with Gasteiger partial charge in [-0.05, 0) is 35.4 Å². The third-order valence-corrected chi connectivity index (χ3v) is 4.07. The Hall–Kier alpha value is -2.64. The molecule has 7 heteroatoms. The van der Waals surface area contributed by atoms with Gasteiger partial charge in [0.2, 0.25) is 11.8 Å². The van der Waals surface area contributed by atoms with E-state index in [9.17, 15) is 9.59 Å². The Balaban J connectivity index is 1.75. The average Bonchev–Trinajstić information content (AvgIpc) is 2.68. The number of nitrogens with one attached hydrogen (secondary N) is 2. The van der Waals surface area contributed by atoms with Gasteiger partial charge in [0, 0.05) is 23.2 Å². The Morgan fingerprint density at radius 1 is 0.793 bits per heavy atom. The molecule has 2 amide bonds. The van der Waals surface area contributed by atoms with Crippen LogP contribution in [0.15, 0.2) is 48.5 Å². The van der Waals surface area contributed by atoms with Crippen LogP contribution in [0.1, 0.15) is 38.8 Å². The largest absolute Gasteiger partial charge is 0.488 e. The summed E-state index contributed by atoms with van der Waals surface area (Å²) in [4.78, 5) is 23.6. The molecule has 2 aromatic carbocycles. The molecular weight excluding hydrogens is 367 g/mol. The van der Waals surface area contributed by atoms with Crippen molar-refractivity contribution in [1.29, 1.82) is 0 Å². The Morgan fingerprint density at radius 2 is 1.21 bits per heavy atom. The van der Waals surface area contributed by atoms with Gasteiger partial charge in [0.25, 0.3) is 0 Å². The smallest absolute Gasteiger partial charge is 0.409 e. The quantitative estimate of drug-likeness (QED) is 0.468. The van der Waals surface area contributed by atoms with E-state index in [0.717, 1.165) is 22.5 Å². The lowest BCUT2D eigenvalue weighted by Crippen LogP contribution is -2.17. The summed E-state index contributed by atoms with van der Waals surface area (Å²) in [6.07, 6.45) is 0. The van der Waals surface area contributed by atoms with E-state index in [-0.39, 0.29) is 23.7 Å². The van der Waals surface area contributed by atoms with Crippen LogP contribution in [-0.2, 0) is 32.1 Å². The van der Waals surface area contributed by atoms with Crippen LogP contribution >= 0.6 is 0 Å². The van der Waals surface area contributed by atoms with Crippen molar-refractivity contribution >= 4 is 30.9 Å². The number of carbonyl (C=O) groups is 2. The fraction of sp³-hybridized carbons (Fsp3) is 0.364. The normalized spacial score (nSPS) is 10.8. The number of hydrogen-bond donors (Lipinski definition) is 2. The van der Waals surface area contributed by atoms with E-state index >= 15 is 0 Å². The summed E-state index contributed by atoms with van der Waals surface area (Å²) < 4.78 is 10.9. The van der Waals surface area contributed by atoms with Crippen LogP contribution in [0, 0.1) is 11.8 Å². The van der Waals surface area contributed by atoms with Crippen molar-refractivity contribution in [2.75, 3.05) is 10.6 Å². The maximum Gasteiger partial charge on any atom is 0.488 e. The maximum atomic E-state index is 11.8. The molecule has 0 aliphatic carbocycles. The van der Waals surface area contributed by atoms with Gasteiger partial charge in [-0.3, -0.25) is 9.59 Å². The molecule has 0 atom stereocenters. The molecule has 0 unspecified atom stereocenters. The van der Waals surface area contributed by atoms with Gasteiger partial charge in [-0.15, -0.1) is 0 Å². The first-order valence-corrected chi connectivity index (χ1v) is 9.69. The van der Waals surface area contributed by atoms with E-state index in [4.69, 9.17) is 9.31 Å². The first-order valence-electron chi connectivity index (χ1n) is 9.69. The molecule has 0 bridgehead atoms. The van der Waals surface area contributed by atoms with Crippen LogP contribution in [0.3, 0.4) is 0 Å². The first kappa shape index (κ1) is 22.7. The van der Waals surface area contributed by atoms with Crippen molar-refractivity contribution in [2.24, 2.45) is 11.8 Å². The highest BCUT2D eigenvalue weighted by molar-refractivity contribution is 6.17. The highest BCUT2D eigenvalue weighted by atomic mass is 16.6. The van der Waals surface area contributed by atoms with Crippen LogP contribution in [0.5, 0.6) is 0 Å². The topological polar surface area (TPSA) is 76.7 Å². The second kappa shape index (κ2) is 11.4. The van der Waals surface area contributed by atoms with Crippen LogP contribution in [0.4, 0.5) is 11.4 Å². The van der Waals surface area contributed by atoms with Crippen LogP contribution in [-0.4, -0.2) is 19.5 Å². The average molecular weight is 395 g/mol. The molecule has 2 N–H and O–H groups in total. The Kier molecular flexibility index (Phi) is 8.89. The molecule has 2 rings (SSSR count). The number of rotatable bonds is 10. The fourth-order valence-corrected chi connectivity index (χ4v) is 2.36. The number of amides is 2. The first-order chi connectivity index (χ1) is 13.8. The summed E-state index contributed by atoms with van der Waals surface area (Å²) in [7, 11) is 1.30. The molecule has 29 heavy (non-hydrogen) atoms. The lowest BCUT2D eigenvalue weighted by atomic mass is 10.1. The summed E-state index contributed by atoms with van der Waals surface area (Å²) in [5.41, 5.74) is 3.33. The minimum atomic E-state index is -0.0752. The zero-order chi connectivity index (χ0) is 21.2. The molecule has 6 nitrogen and oxygen atoms in total. The predicted octanol–water partition coefficient (Wildman–Crippen LogP) is 4.14. The number of anilines is 2. The molecule has 2 aromatic rings. The minimum Gasteiger partial charge on any atom is -0.409 e.